The molecule has 0 bridgehead atoms. The Morgan fingerprint density at radius 3 is 2.17 bits per heavy atom. The summed E-state index contributed by atoms with van der Waals surface area (Å²) in [6.45, 7) is 5.24. The second kappa shape index (κ2) is 9.17. The molecule has 2 aliphatic heterocycles. The molecule has 158 valence electrons. The number of ether oxygens (including phenoxy) is 2. The van der Waals surface area contributed by atoms with Crippen LogP contribution in [0.25, 0.3) is 0 Å². The van der Waals surface area contributed by atoms with Crippen molar-refractivity contribution in [1.82, 2.24) is 4.90 Å². The molecule has 4 rings (SSSR count). The fourth-order valence-corrected chi connectivity index (χ4v) is 3.79. The van der Waals surface area contributed by atoms with E-state index in [1.54, 1.807) is 30.3 Å². The number of nitrogens with zero attached hydrogens (tertiary/aromatic N) is 1. The van der Waals surface area contributed by atoms with E-state index in [9.17, 15) is 9.59 Å². The summed E-state index contributed by atoms with van der Waals surface area (Å²) in [4.78, 5) is 27.1. The molecule has 30 heavy (non-hydrogen) atoms. The van der Waals surface area contributed by atoms with Crippen LogP contribution in [-0.4, -0.2) is 49.6 Å². The van der Waals surface area contributed by atoms with Gasteiger partial charge in [0.25, 0.3) is 5.91 Å². The zero-order valence-corrected chi connectivity index (χ0v) is 17.2. The standard InChI is InChI=1S/C23H27N3O4/c1-16-13-20-21(30-12-11-29-20)14-19(16)23(28)25-18-7-5-17(6-8-18)24-22(27)15-26-9-3-2-4-10-26/h5-8,13-14H,2-4,9-12,15H2,1H3,(H,24,27)(H,25,28). The Hall–Kier alpha value is -3.06. The molecule has 0 unspecified atom stereocenters. The highest BCUT2D eigenvalue weighted by Gasteiger charge is 2.18. The number of hydrogen-bond donors (Lipinski definition) is 2. The van der Waals surface area contributed by atoms with Gasteiger partial charge in [-0.25, -0.2) is 0 Å². The van der Waals surface area contributed by atoms with Crippen molar-refractivity contribution in [2.45, 2.75) is 26.2 Å². The minimum absolute atomic E-state index is 0.0133. The molecule has 0 aromatic heterocycles. The molecular formula is C23H27N3O4. The quantitative estimate of drug-likeness (QED) is 0.791. The van der Waals surface area contributed by atoms with Crippen molar-refractivity contribution in [1.29, 1.82) is 0 Å². The van der Waals surface area contributed by atoms with Crippen LogP contribution in [0.15, 0.2) is 36.4 Å². The number of piperidine rings is 1. The van der Waals surface area contributed by atoms with E-state index in [0.29, 0.717) is 48.2 Å². The number of benzene rings is 2. The van der Waals surface area contributed by atoms with Gasteiger partial charge in [0.15, 0.2) is 11.5 Å². The third kappa shape index (κ3) is 4.91. The van der Waals surface area contributed by atoms with E-state index < -0.39 is 0 Å². The van der Waals surface area contributed by atoms with Crippen LogP contribution >= 0.6 is 0 Å². The summed E-state index contributed by atoms with van der Waals surface area (Å²) in [7, 11) is 0. The molecule has 0 spiro atoms. The largest absolute Gasteiger partial charge is 0.486 e. The van der Waals surface area contributed by atoms with E-state index in [1.165, 1.54) is 6.42 Å². The number of anilines is 2. The molecule has 0 aliphatic carbocycles. The van der Waals surface area contributed by atoms with Crippen LogP contribution in [-0.2, 0) is 4.79 Å². The summed E-state index contributed by atoms with van der Waals surface area (Å²) in [6.07, 6.45) is 3.56. The van der Waals surface area contributed by atoms with Crippen LogP contribution in [0.5, 0.6) is 11.5 Å². The smallest absolute Gasteiger partial charge is 0.256 e. The first-order valence-electron chi connectivity index (χ1n) is 10.4. The first kappa shape index (κ1) is 20.2. The minimum Gasteiger partial charge on any atom is -0.486 e. The average Bonchev–Trinajstić information content (AvgIpc) is 2.75. The van der Waals surface area contributed by atoms with Gasteiger partial charge in [0, 0.05) is 16.9 Å². The van der Waals surface area contributed by atoms with Gasteiger partial charge >= 0.3 is 0 Å². The Kier molecular flexibility index (Phi) is 6.18. The van der Waals surface area contributed by atoms with E-state index in [2.05, 4.69) is 15.5 Å². The van der Waals surface area contributed by atoms with Crippen molar-refractivity contribution < 1.29 is 19.1 Å². The maximum Gasteiger partial charge on any atom is 0.256 e. The summed E-state index contributed by atoms with van der Waals surface area (Å²) in [5, 5.41) is 5.82. The molecule has 2 N–H and O–H groups in total. The average molecular weight is 409 g/mol. The second-order valence-electron chi connectivity index (χ2n) is 7.73. The first-order chi connectivity index (χ1) is 14.6. The van der Waals surface area contributed by atoms with Gasteiger partial charge in [-0.2, -0.15) is 0 Å². The van der Waals surface area contributed by atoms with E-state index in [4.69, 9.17) is 9.47 Å². The maximum absolute atomic E-state index is 12.7. The summed E-state index contributed by atoms with van der Waals surface area (Å²) < 4.78 is 11.1. The molecule has 2 heterocycles. The van der Waals surface area contributed by atoms with Crippen LogP contribution in [0.4, 0.5) is 11.4 Å². The monoisotopic (exact) mass is 409 g/mol. The molecule has 1 fully saturated rings. The van der Waals surface area contributed by atoms with Crippen LogP contribution in [0.1, 0.15) is 35.2 Å². The van der Waals surface area contributed by atoms with E-state index in [-0.39, 0.29) is 11.8 Å². The number of carbonyl (C=O) groups is 2. The van der Waals surface area contributed by atoms with Crippen LogP contribution in [0.3, 0.4) is 0 Å². The molecular weight excluding hydrogens is 382 g/mol. The lowest BCUT2D eigenvalue weighted by Gasteiger charge is -2.25. The van der Waals surface area contributed by atoms with E-state index >= 15 is 0 Å². The highest BCUT2D eigenvalue weighted by atomic mass is 16.6. The van der Waals surface area contributed by atoms with Crippen LogP contribution in [0, 0.1) is 6.92 Å². The second-order valence-corrected chi connectivity index (χ2v) is 7.73. The molecule has 1 saturated heterocycles. The number of carbonyl (C=O) groups excluding carboxylic acids is 2. The zero-order valence-electron chi connectivity index (χ0n) is 17.2. The Morgan fingerprint density at radius 2 is 1.50 bits per heavy atom. The lowest BCUT2D eigenvalue weighted by atomic mass is 10.1. The lowest BCUT2D eigenvalue weighted by molar-refractivity contribution is -0.117. The van der Waals surface area contributed by atoms with Gasteiger partial charge in [0.1, 0.15) is 13.2 Å². The third-order valence-electron chi connectivity index (χ3n) is 5.38. The molecule has 2 aromatic rings. The number of fused-ring (bicyclic) bond motifs is 1. The Balaban J connectivity index is 1.35. The molecule has 0 atom stereocenters. The van der Waals surface area contributed by atoms with Crippen molar-refractivity contribution in [3.8, 4) is 11.5 Å². The number of likely N-dealkylation sites (tertiary alicyclic amines) is 1. The van der Waals surface area contributed by atoms with Crippen molar-refractivity contribution in [3.05, 3.63) is 47.5 Å². The van der Waals surface area contributed by atoms with Gasteiger partial charge in [-0.1, -0.05) is 6.42 Å². The van der Waals surface area contributed by atoms with Crippen LogP contribution < -0.4 is 20.1 Å². The van der Waals surface area contributed by atoms with E-state index in [0.717, 1.165) is 31.5 Å². The zero-order chi connectivity index (χ0) is 20.9. The molecule has 0 radical (unpaired) electrons. The fourth-order valence-electron chi connectivity index (χ4n) is 3.79. The molecule has 7 nitrogen and oxygen atoms in total. The van der Waals surface area contributed by atoms with Gasteiger partial charge < -0.3 is 20.1 Å². The van der Waals surface area contributed by atoms with Gasteiger partial charge in [-0.05, 0) is 74.8 Å². The van der Waals surface area contributed by atoms with Crippen molar-refractivity contribution in [3.63, 3.8) is 0 Å². The molecule has 2 aliphatic rings. The maximum atomic E-state index is 12.7. The summed E-state index contributed by atoms with van der Waals surface area (Å²) in [6, 6.07) is 10.7. The van der Waals surface area contributed by atoms with Gasteiger partial charge in [-0.15, -0.1) is 0 Å². The topological polar surface area (TPSA) is 79.9 Å². The Bertz CT molecular complexity index is 921. The molecule has 7 heteroatoms. The fraction of sp³-hybridized carbons (Fsp3) is 0.391. The highest BCUT2D eigenvalue weighted by Crippen LogP contribution is 2.33. The lowest BCUT2D eigenvalue weighted by Crippen LogP contribution is -2.36. The summed E-state index contributed by atoms with van der Waals surface area (Å²) in [5.41, 5.74) is 2.73. The highest BCUT2D eigenvalue weighted by molar-refractivity contribution is 6.06. The first-order valence-corrected chi connectivity index (χ1v) is 10.4. The predicted molar refractivity (Wildman–Crippen MR) is 115 cm³/mol. The summed E-state index contributed by atoms with van der Waals surface area (Å²) >= 11 is 0. The van der Waals surface area contributed by atoms with Crippen molar-refractivity contribution in [2.75, 3.05) is 43.5 Å². The number of rotatable bonds is 5. The predicted octanol–water partition coefficient (Wildman–Crippen LogP) is 3.44. The number of amides is 2. The summed E-state index contributed by atoms with van der Waals surface area (Å²) in [5.74, 6) is 1.02. The van der Waals surface area contributed by atoms with Crippen molar-refractivity contribution >= 4 is 23.2 Å². The van der Waals surface area contributed by atoms with Gasteiger partial charge in [-0.3, -0.25) is 14.5 Å². The SMILES string of the molecule is Cc1cc2c(cc1C(=O)Nc1ccc(NC(=O)CN3CCCCC3)cc1)OCCO2. The Labute approximate surface area is 176 Å². The normalized spacial score (nSPS) is 16.0. The number of aryl methyl sites for hydroxylation is 1. The Morgan fingerprint density at radius 1 is 0.900 bits per heavy atom. The molecule has 2 amide bonds. The molecule has 2 aromatic carbocycles. The van der Waals surface area contributed by atoms with Crippen LogP contribution in [0.2, 0.25) is 0 Å². The van der Waals surface area contributed by atoms with Gasteiger partial charge in [0.05, 0.1) is 6.54 Å². The van der Waals surface area contributed by atoms with Crippen molar-refractivity contribution in [2.24, 2.45) is 0 Å². The number of hydrogen-bond acceptors (Lipinski definition) is 5. The minimum atomic E-state index is -0.216. The van der Waals surface area contributed by atoms with E-state index in [1.807, 2.05) is 13.0 Å². The molecule has 0 saturated carbocycles. The number of nitrogens with one attached hydrogen (secondary N) is 2. The third-order valence-corrected chi connectivity index (χ3v) is 5.38. The van der Waals surface area contributed by atoms with Gasteiger partial charge in [0.2, 0.25) is 5.91 Å².